The van der Waals surface area contributed by atoms with Crippen molar-refractivity contribution in [3.63, 3.8) is 0 Å². The molecule has 2 aliphatic rings. The van der Waals surface area contributed by atoms with E-state index >= 15 is 0 Å². The number of tetrazole rings is 1. The smallest absolute Gasteiger partial charge is 0.356 e. The standard InChI is InChI=1S/C22H28N8O5/c1-13-19(35-16-5-3-4-15(10-16)21(31)32)9-8-17(30(13)33)20-18(28(2)26-23-20)11-29-25-22(24-27-29)34-12-14-6-7-14/h8-9,14-16H,3-7,10-12H2,1-2H3,(H,31,32)/t15-,16-/m0/s1. The quantitative estimate of drug-likeness (QED) is 0.346. The molecule has 2 fully saturated rings. The number of carboxylic acid groups (broad SMARTS) is 1. The van der Waals surface area contributed by atoms with Crippen LogP contribution >= 0.6 is 0 Å². The van der Waals surface area contributed by atoms with Gasteiger partial charge in [0, 0.05) is 20.0 Å². The molecule has 0 bridgehead atoms. The average molecular weight is 485 g/mol. The number of hydrogen-bond donors (Lipinski definition) is 1. The van der Waals surface area contributed by atoms with Crippen molar-refractivity contribution >= 4 is 5.97 Å². The molecule has 3 aromatic heterocycles. The van der Waals surface area contributed by atoms with Crippen LogP contribution < -0.4 is 14.2 Å². The minimum Gasteiger partial charge on any atom is -0.618 e. The van der Waals surface area contributed by atoms with Crippen LogP contribution in [0.4, 0.5) is 0 Å². The molecular formula is C22H28N8O5. The summed E-state index contributed by atoms with van der Waals surface area (Å²) in [5, 5.41) is 43.0. The van der Waals surface area contributed by atoms with E-state index in [2.05, 4.69) is 25.7 Å². The van der Waals surface area contributed by atoms with Crippen molar-refractivity contribution in [2.75, 3.05) is 6.61 Å². The van der Waals surface area contributed by atoms with Crippen LogP contribution in [0.2, 0.25) is 0 Å². The van der Waals surface area contributed by atoms with Gasteiger partial charge in [0.15, 0.2) is 11.4 Å². The third-order valence-corrected chi connectivity index (χ3v) is 6.60. The molecular weight excluding hydrogens is 456 g/mol. The third kappa shape index (κ3) is 5.03. The molecule has 13 heteroatoms. The highest BCUT2D eigenvalue weighted by Gasteiger charge is 2.30. The van der Waals surface area contributed by atoms with E-state index in [9.17, 15) is 15.1 Å². The highest BCUT2D eigenvalue weighted by molar-refractivity contribution is 5.70. The summed E-state index contributed by atoms with van der Waals surface area (Å²) >= 11 is 0. The van der Waals surface area contributed by atoms with Crippen LogP contribution in [0, 0.1) is 24.0 Å². The number of carbonyl (C=O) groups is 1. The summed E-state index contributed by atoms with van der Waals surface area (Å²) in [6.07, 6.45) is 4.72. The largest absolute Gasteiger partial charge is 0.618 e. The summed E-state index contributed by atoms with van der Waals surface area (Å²) in [6.45, 7) is 2.46. The molecule has 0 radical (unpaired) electrons. The van der Waals surface area contributed by atoms with Gasteiger partial charge in [-0.05, 0) is 55.7 Å². The van der Waals surface area contributed by atoms with E-state index < -0.39 is 11.9 Å². The monoisotopic (exact) mass is 484 g/mol. The average Bonchev–Trinajstić information content (AvgIpc) is 3.47. The number of aryl methyl sites for hydroxylation is 1. The molecule has 3 heterocycles. The predicted molar refractivity (Wildman–Crippen MR) is 119 cm³/mol. The summed E-state index contributed by atoms with van der Waals surface area (Å²) in [5.41, 5.74) is 1.71. The van der Waals surface area contributed by atoms with Crippen LogP contribution in [0.5, 0.6) is 11.8 Å². The lowest BCUT2D eigenvalue weighted by atomic mass is 9.87. The van der Waals surface area contributed by atoms with Crippen LogP contribution in [0.25, 0.3) is 11.4 Å². The lowest BCUT2D eigenvalue weighted by Gasteiger charge is -2.27. The third-order valence-electron chi connectivity index (χ3n) is 6.60. The fourth-order valence-corrected chi connectivity index (χ4v) is 4.30. The van der Waals surface area contributed by atoms with Crippen LogP contribution in [0.3, 0.4) is 0 Å². The number of aromatic nitrogens is 8. The van der Waals surface area contributed by atoms with Gasteiger partial charge in [-0.3, -0.25) is 4.79 Å². The molecule has 2 atom stereocenters. The SMILES string of the molecule is Cc1c(O[C@H]2CCC[C@H](C(=O)O)C2)ccc(-c2nnn(C)c2Cn2nnc(OCC3CC3)n2)[n+]1[O-]. The Labute approximate surface area is 201 Å². The van der Waals surface area contributed by atoms with Crippen molar-refractivity contribution in [2.45, 2.75) is 58.1 Å². The van der Waals surface area contributed by atoms with E-state index in [1.165, 1.54) is 17.6 Å². The lowest BCUT2D eigenvalue weighted by Crippen LogP contribution is -2.35. The minimum absolute atomic E-state index is 0.203. The summed E-state index contributed by atoms with van der Waals surface area (Å²) in [6, 6.07) is 3.58. The fraction of sp³-hybridized carbons (Fsp3) is 0.591. The second-order valence-electron chi connectivity index (χ2n) is 9.27. The van der Waals surface area contributed by atoms with Gasteiger partial charge >= 0.3 is 12.0 Å². The van der Waals surface area contributed by atoms with Crippen LogP contribution in [-0.2, 0) is 18.4 Å². The number of hydrogen-bond acceptors (Lipinski definition) is 9. The molecule has 0 amide bonds. The van der Waals surface area contributed by atoms with E-state index in [0.29, 0.717) is 53.9 Å². The highest BCUT2D eigenvalue weighted by atomic mass is 16.5. The van der Waals surface area contributed by atoms with E-state index in [1.54, 1.807) is 30.8 Å². The molecule has 0 spiro atoms. The van der Waals surface area contributed by atoms with Crippen molar-refractivity contribution in [3.05, 3.63) is 28.7 Å². The number of carboxylic acids is 1. The van der Waals surface area contributed by atoms with Crippen LogP contribution in [-0.4, -0.2) is 59.0 Å². The fourth-order valence-electron chi connectivity index (χ4n) is 4.30. The maximum atomic E-state index is 13.2. The number of aliphatic carboxylic acids is 1. The molecule has 3 aromatic rings. The van der Waals surface area contributed by atoms with Crippen molar-refractivity contribution < 1.29 is 24.1 Å². The Morgan fingerprint density at radius 1 is 1.23 bits per heavy atom. The Kier molecular flexibility index (Phi) is 6.22. The topological polar surface area (TPSA) is 157 Å². The molecule has 35 heavy (non-hydrogen) atoms. The van der Waals surface area contributed by atoms with Gasteiger partial charge in [0.1, 0.15) is 6.54 Å². The maximum absolute atomic E-state index is 13.2. The van der Waals surface area contributed by atoms with Gasteiger partial charge in [-0.25, -0.2) is 4.68 Å². The Balaban J connectivity index is 1.33. The zero-order valence-corrected chi connectivity index (χ0v) is 19.7. The summed E-state index contributed by atoms with van der Waals surface area (Å²) in [5.74, 6) is -0.211. The van der Waals surface area contributed by atoms with Gasteiger partial charge in [0.2, 0.25) is 11.4 Å². The zero-order valence-electron chi connectivity index (χ0n) is 19.7. The molecule has 13 nitrogen and oxygen atoms in total. The Hall–Kier alpha value is -3.77. The van der Waals surface area contributed by atoms with Gasteiger partial charge < -0.3 is 19.8 Å². The van der Waals surface area contributed by atoms with E-state index in [-0.39, 0.29) is 18.7 Å². The predicted octanol–water partition coefficient (Wildman–Crippen LogP) is 1.27. The molecule has 2 saturated carbocycles. The molecule has 5 rings (SSSR count). The van der Waals surface area contributed by atoms with Gasteiger partial charge in [-0.1, -0.05) is 15.4 Å². The molecule has 0 aliphatic heterocycles. The van der Waals surface area contributed by atoms with E-state index in [0.717, 1.165) is 17.6 Å². The first kappa shape index (κ1) is 23.0. The second kappa shape index (κ2) is 9.47. The van der Waals surface area contributed by atoms with Gasteiger partial charge in [0.25, 0.3) is 0 Å². The van der Waals surface area contributed by atoms with Gasteiger partial charge in [0.05, 0.1) is 24.3 Å². The van der Waals surface area contributed by atoms with Gasteiger partial charge in [-0.2, -0.15) is 9.53 Å². The number of pyridine rings is 1. The Morgan fingerprint density at radius 3 is 2.83 bits per heavy atom. The van der Waals surface area contributed by atoms with Crippen molar-refractivity contribution in [2.24, 2.45) is 18.9 Å². The minimum atomic E-state index is -0.803. The zero-order chi connectivity index (χ0) is 24.5. The van der Waals surface area contributed by atoms with Crippen molar-refractivity contribution in [1.82, 2.24) is 35.2 Å². The molecule has 186 valence electrons. The molecule has 0 saturated heterocycles. The van der Waals surface area contributed by atoms with Crippen LogP contribution in [0.15, 0.2) is 12.1 Å². The van der Waals surface area contributed by atoms with Crippen LogP contribution in [0.1, 0.15) is 49.9 Å². The molecule has 2 aliphatic carbocycles. The lowest BCUT2D eigenvalue weighted by molar-refractivity contribution is -0.601. The molecule has 0 unspecified atom stereocenters. The first-order chi connectivity index (χ1) is 16.9. The molecule has 0 aromatic carbocycles. The number of nitrogens with zero attached hydrogens (tertiary/aromatic N) is 8. The summed E-state index contributed by atoms with van der Waals surface area (Å²) < 4.78 is 13.9. The van der Waals surface area contributed by atoms with Gasteiger partial charge in [-0.15, -0.1) is 5.10 Å². The van der Waals surface area contributed by atoms with E-state index in [4.69, 9.17) is 9.47 Å². The summed E-state index contributed by atoms with van der Waals surface area (Å²) in [7, 11) is 1.73. The highest BCUT2D eigenvalue weighted by Crippen LogP contribution is 2.30. The second-order valence-corrected chi connectivity index (χ2v) is 9.27. The normalized spacial score (nSPS) is 20.1. The van der Waals surface area contributed by atoms with E-state index in [1.807, 2.05) is 0 Å². The number of rotatable bonds is 9. The molecule has 1 N–H and O–H groups in total. The maximum Gasteiger partial charge on any atom is 0.356 e. The van der Waals surface area contributed by atoms with Crippen molar-refractivity contribution in [1.29, 1.82) is 0 Å². The summed E-state index contributed by atoms with van der Waals surface area (Å²) in [4.78, 5) is 12.7. The van der Waals surface area contributed by atoms with Crippen molar-refractivity contribution in [3.8, 4) is 23.1 Å². The first-order valence-corrected chi connectivity index (χ1v) is 11.8. The number of ether oxygens (including phenoxy) is 2. The Bertz CT molecular complexity index is 1220. The first-order valence-electron chi connectivity index (χ1n) is 11.8. The Morgan fingerprint density at radius 2 is 2.06 bits per heavy atom.